The summed E-state index contributed by atoms with van der Waals surface area (Å²) in [6.45, 7) is 0. The van der Waals surface area contributed by atoms with Gasteiger partial charge in [0.15, 0.2) is 0 Å². The Morgan fingerprint density at radius 1 is 1.75 bits per heavy atom. The summed E-state index contributed by atoms with van der Waals surface area (Å²) in [6, 6.07) is 0. The van der Waals surface area contributed by atoms with Crippen LogP contribution in [0.25, 0.3) is 0 Å². The van der Waals surface area contributed by atoms with E-state index < -0.39 is 28.7 Å². The highest BCUT2D eigenvalue weighted by atomic mass is 32.2. The van der Waals surface area contributed by atoms with Crippen molar-refractivity contribution in [2.75, 3.05) is 0 Å². The van der Waals surface area contributed by atoms with Crippen LogP contribution in [0.3, 0.4) is 0 Å². The van der Waals surface area contributed by atoms with Gasteiger partial charge < -0.3 is 4.55 Å². The summed E-state index contributed by atoms with van der Waals surface area (Å²) >= 11 is -2.58. The van der Waals surface area contributed by atoms with E-state index in [9.17, 15) is 17.5 Å². The molecule has 8 heavy (non-hydrogen) atoms. The minimum absolute atomic E-state index is 0.497. The molecule has 1 aliphatic carbocycles. The van der Waals surface area contributed by atoms with Crippen LogP contribution >= 0.6 is 0 Å². The van der Waals surface area contributed by atoms with E-state index in [1.54, 1.807) is 0 Å². The zero-order valence-electron chi connectivity index (χ0n) is 3.77. The van der Waals surface area contributed by atoms with Crippen LogP contribution in [0.15, 0.2) is 0 Å². The Labute approximate surface area is 47.2 Å². The SMILES string of the molecule is O=S([O-])C1CC1(F)F. The van der Waals surface area contributed by atoms with Gasteiger partial charge in [-0.05, 0) is 11.1 Å². The first kappa shape index (κ1) is 6.10. The highest BCUT2D eigenvalue weighted by Gasteiger charge is 2.58. The second-order valence-corrected chi connectivity index (χ2v) is 2.80. The fraction of sp³-hybridized carbons (Fsp3) is 1.00. The maximum atomic E-state index is 11.7. The Bertz CT molecular complexity index is 135. The van der Waals surface area contributed by atoms with Crippen LogP contribution < -0.4 is 0 Å². The molecule has 1 aliphatic rings. The molecule has 0 aromatic rings. The van der Waals surface area contributed by atoms with E-state index in [1.807, 2.05) is 0 Å². The molecule has 0 aromatic heterocycles. The van der Waals surface area contributed by atoms with Gasteiger partial charge in [0.1, 0.15) is 0 Å². The molecule has 0 spiro atoms. The molecule has 48 valence electrons. The molecule has 1 saturated carbocycles. The predicted molar refractivity (Wildman–Crippen MR) is 22.3 cm³/mol. The maximum absolute atomic E-state index is 11.7. The van der Waals surface area contributed by atoms with Crippen molar-refractivity contribution in [3.63, 3.8) is 0 Å². The van der Waals surface area contributed by atoms with Crippen molar-refractivity contribution in [1.82, 2.24) is 0 Å². The van der Waals surface area contributed by atoms with Crippen molar-refractivity contribution in [1.29, 1.82) is 0 Å². The first-order chi connectivity index (χ1) is 3.54. The van der Waals surface area contributed by atoms with Crippen molar-refractivity contribution in [2.45, 2.75) is 17.6 Å². The smallest absolute Gasteiger partial charge is 0.262 e. The van der Waals surface area contributed by atoms with Crippen molar-refractivity contribution >= 4 is 11.1 Å². The molecule has 0 heterocycles. The lowest BCUT2D eigenvalue weighted by Gasteiger charge is -1.99. The molecular formula is C3H3F2O2S-. The highest BCUT2D eigenvalue weighted by Crippen LogP contribution is 2.44. The second kappa shape index (κ2) is 1.48. The molecule has 5 heteroatoms. The fourth-order valence-electron chi connectivity index (χ4n) is 0.397. The van der Waals surface area contributed by atoms with E-state index in [2.05, 4.69) is 0 Å². The summed E-state index contributed by atoms with van der Waals surface area (Å²) in [4.78, 5) is 0. The number of alkyl halides is 2. The summed E-state index contributed by atoms with van der Waals surface area (Å²) in [5.74, 6) is -2.92. The van der Waals surface area contributed by atoms with Gasteiger partial charge in [-0.2, -0.15) is 0 Å². The molecule has 0 aliphatic heterocycles. The lowest BCUT2D eigenvalue weighted by Crippen LogP contribution is -2.04. The first-order valence-electron chi connectivity index (χ1n) is 2.00. The lowest BCUT2D eigenvalue weighted by atomic mass is 10.8. The minimum Gasteiger partial charge on any atom is -0.772 e. The Hall–Kier alpha value is -0.0300. The van der Waals surface area contributed by atoms with E-state index in [0.717, 1.165) is 0 Å². The molecule has 1 fully saturated rings. The van der Waals surface area contributed by atoms with Gasteiger partial charge in [-0.15, -0.1) is 0 Å². The van der Waals surface area contributed by atoms with Gasteiger partial charge in [-0.3, -0.25) is 4.21 Å². The first-order valence-corrected chi connectivity index (χ1v) is 3.14. The van der Waals surface area contributed by atoms with Crippen LogP contribution in [-0.2, 0) is 11.1 Å². The Morgan fingerprint density at radius 2 is 2.12 bits per heavy atom. The van der Waals surface area contributed by atoms with Crippen LogP contribution in [-0.4, -0.2) is 19.9 Å². The standard InChI is InChI=1S/C3H4F2O2S/c4-3(5)1-2(3)8(6)7/h2H,1H2,(H,6,7)/p-1. The van der Waals surface area contributed by atoms with E-state index in [4.69, 9.17) is 0 Å². The van der Waals surface area contributed by atoms with Gasteiger partial charge in [0, 0.05) is 6.42 Å². The van der Waals surface area contributed by atoms with Crippen LogP contribution in [0.5, 0.6) is 0 Å². The quantitative estimate of drug-likeness (QED) is 0.492. The molecule has 0 amide bonds. The molecule has 2 atom stereocenters. The zero-order valence-corrected chi connectivity index (χ0v) is 4.58. The monoisotopic (exact) mass is 141 g/mol. The van der Waals surface area contributed by atoms with Gasteiger partial charge >= 0.3 is 0 Å². The third-order valence-electron chi connectivity index (χ3n) is 1.00. The van der Waals surface area contributed by atoms with Crippen LogP contribution in [0, 0.1) is 0 Å². The molecule has 0 N–H and O–H groups in total. The van der Waals surface area contributed by atoms with Crippen molar-refractivity contribution < 1.29 is 17.5 Å². The summed E-state index contributed by atoms with van der Waals surface area (Å²) in [5, 5.41) is -1.40. The van der Waals surface area contributed by atoms with Crippen LogP contribution in [0.2, 0.25) is 0 Å². The van der Waals surface area contributed by atoms with Crippen LogP contribution in [0.4, 0.5) is 8.78 Å². The van der Waals surface area contributed by atoms with Gasteiger partial charge in [-0.1, -0.05) is 0 Å². The number of halogens is 2. The summed E-state index contributed by atoms with van der Waals surface area (Å²) < 4.78 is 42.7. The Balaban J connectivity index is 2.48. The number of hydrogen-bond acceptors (Lipinski definition) is 2. The highest BCUT2D eigenvalue weighted by molar-refractivity contribution is 7.80. The van der Waals surface area contributed by atoms with Crippen molar-refractivity contribution in [2.24, 2.45) is 0 Å². The minimum atomic E-state index is -2.92. The maximum Gasteiger partial charge on any atom is 0.262 e. The zero-order chi connectivity index (χ0) is 6.36. The average molecular weight is 141 g/mol. The van der Waals surface area contributed by atoms with Gasteiger partial charge in [0.2, 0.25) is 0 Å². The topological polar surface area (TPSA) is 40.1 Å². The summed E-state index contributed by atoms with van der Waals surface area (Å²) in [5.41, 5.74) is 0. The van der Waals surface area contributed by atoms with E-state index >= 15 is 0 Å². The molecular weight excluding hydrogens is 138 g/mol. The number of hydrogen-bond donors (Lipinski definition) is 0. The normalized spacial score (nSPS) is 36.6. The Morgan fingerprint density at radius 3 is 2.12 bits per heavy atom. The van der Waals surface area contributed by atoms with E-state index in [1.165, 1.54) is 0 Å². The van der Waals surface area contributed by atoms with E-state index in [-0.39, 0.29) is 0 Å². The predicted octanol–water partition coefficient (Wildman–Crippen LogP) is 0.273. The largest absolute Gasteiger partial charge is 0.772 e. The summed E-state index contributed by atoms with van der Waals surface area (Å²) in [6.07, 6.45) is -0.497. The average Bonchev–Trinajstić information content (AvgIpc) is 2.13. The second-order valence-electron chi connectivity index (χ2n) is 1.71. The molecule has 2 nitrogen and oxygen atoms in total. The third kappa shape index (κ3) is 0.877. The molecule has 0 radical (unpaired) electrons. The van der Waals surface area contributed by atoms with E-state index in [0.29, 0.717) is 0 Å². The molecule has 0 aromatic carbocycles. The lowest BCUT2D eigenvalue weighted by molar-refractivity contribution is 0.121. The fourth-order valence-corrected chi connectivity index (χ4v) is 1.04. The summed E-state index contributed by atoms with van der Waals surface area (Å²) in [7, 11) is 0. The van der Waals surface area contributed by atoms with Crippen molar-refractivity contribution in [3.05, 3.63) is 0 Å². The van der Waals surface area contributed by atoms with Gasteiger partial charge in [-0.25, -0.2) is 8.78 Å². The Kier molecular flexibility index (Phi) is 1.13. The molecule has 0 bridgehead atoms. The van der Waals surface area contributed by atoms with Crippen molar-refractivity contribution in [3.8, 4) is 0 Å². The van der Waals surface area contributed by atoms with Crippen LogP contribution in [0.1, 0.15) is 6.42 Å². The molecule has 2 unspecified atom stereocenters. The molecule has 0 saturated heterocycles. The van der Waals surface area contributed by atoms with Gasteiger partial charge in [0.05, 0.1) is 5.25 Å². The molecule has 1 rings (SSSR count). The van der Waals surface area contributed by atoms with Gasteiger partial charge in [0.25, 0.3) is 5.92 Å². The third-order valence-corrected chi connectivity index (χ3v) is 1.98. The number of rotatable bonds is 1.